The summed E-state index contributed by atoms with van der Waals surface area (Å²) in [5.41, 5.74) is -0.511. The summed E-state index contributed by atoms with van der Waals surface area (Å²) in [7, 11) is 2.10. The number of nitrogens with one attached hydrogen (secondary N) is 1. The first-order valence-electron chi connectivity index (χ1n) is 5.41. The summed E-state index contributed by atoms with van der Waals surface area (Å²) in [6, 6.07) is 0.613. The molecule has 2 heterocycles. The molecule has 0 aromatic heterocycles. The van der Waals surface area contributed by atoms with Crippen LogP contribution >= 0.6 is 0 Å². The van der Waals surface area contributed by atoms with E-state index in [1.165, 1.54) is 0 Å². The van der Waals surface area contributed by atoms with Crippen LogP contribution in [-0.4, -0.2) is 61.5 Å². The van der Waals surface area contributed by atoms with Gasteiger partial charge in [0.2, 0.25) is 0 Å². The molecule has 0 radical (unpaired) electrons. The van der Waals surface area contributed by atoms with Crippen molar-refractivity contribution in [2.24, 2.45) is 0 Å². The van der Waals surface area contributed by atoms with Crippen LogP contribution in [-0.2, 0) is 4.74 Å². The number of ether oxygens (including phenoxy) is 1. The van der Waals surface area contributed by atoms with E-state index < -0.39 is 5.60 Å². The van der Waals surface area contributed by atoms with Crippen LogP contribution in [0.15, 0.2) is 0 Å². The van der Waals surface area contributed by atoms with Gasteiger partial charge in [0.25, 0.3) is 0 Å². The molecule has 0 atom stereocenters. The van der Waals surface area contributed by atoms with Crippen molar-refractivity contribution in [3.63, 3.8) is 0 Å². The van der Waals surface area contributed by atoms with E-state index in [4.69, 9.17) is 4.74 Å². The predicted molar refractivity (Wildman–Crippen MR) is 54.3 cm³/mol. The lowest BCUT2D eigenvalue weighted by Crippen LogP contribution is -2.59. The fourth-order valence-corrected chi connectivity index (χ4v) is 2.09. The zero-order valence-corrected chi connectivity index (χ0v) is 8.83. The largest absolute Gasteiger partial charge is 0.388 e. The minimum atomic E-state index is -0.511. The van der Waals surface area contributed by atoms with Crippen molar-refractivity contribution in [3.8, 4) is 0 Å². The molecule has 0 aliphatic carbocycles. The lowest BCUT2D eigenvalue weighted by Gasteiger charge is -2.41. The Kier molecular flexibility index (Phi) is 3.07. The highest BCUT2D eigenvalue weighted by Gasteiger charge is 2.33. The predicted octanol–water partition coefficient (Wildman–Crippen LogP) is -0.568. The second-order valence-corrected chi connectivity index (χ2v) is 4.56. The van der Waals surface area contributed by atoms with Crippen LogP contribution in [0.3, 0.4) is 0 Å². The molecule has 4 nitrogen and oxygen atoms in total. The maximum Gasteiger partial charge on any atom is 0.0817 e. The first kappa shape index (κ1) is 10.4. The Morgan fingerprint density at radius 2 is 2.07 bits per heavy atom. The Hall–Kier alpha value is -0.160. The van der Waals surface area contributed by atoms with Crippen molar-refractivity contribution in [2.75, 3.05) is 39.9 Å². The Labute approximate surface area is 85.2 Å². The molecule has 2 saturated heterocycles. The number of hydrogen-bond donors (Lipinski definition) is 2. The minimum absolute atomic E-state index is 0.511. The third kappa shape index (κ3) is 2.25. The van der Waals surface area contributed by atoms with Crippen LogP contribution in [0.4, 0.5) is 0 Å². The van der Waals surface area contributed by atoms with E-state index >= 15 is 0 Å². The number of aliphatic hydroxyl groups is 1. The molecule has 2 N–H and O–H groups in total. The van der Waals surface area contributed by atoms with Crippen LogP contribution in [0.1, 0.15) is 12.8 Å². The summed E-state index contributed by atoms with van der Waals surface area (Å²) in [5.74, 6) is 0. The maximum absolute atomic E-state index is 10.3. The van der Waals surface area contributed by atoms with Gasteiger partial charge in [-0.1, -0.05) is 0 Å². The summed E-state index contributed by atoms with van der Waals surface area (Å²) in [6.07, 6.45) is 1.55. The Bertz CT molecular complexity index is 189. The van der Waals surface area contributed by atoms with Gasteiger partial charge in [-0.25, -0.2) is 0 Å². The molecular weight excluding hydrogens is 180 g/mol. The van der Waals surface area contributed by atoms with Crippen molar-refractivity contribution in [3.05, 3.63) is 0 Å². The van der Waals surface area contributed by atoms with Crippen LogP contribution in [0.25, 0.3) is 0 Å². The fourth-order valence-electron chi connectivity index (χ4n) is 2.09. The summed E-state index contributed by atoms with van der Waals surface area (Å²) in [5, 5.41) is 13.5. The van der Waals surface area contributed by atoms with E-state index in [0.29, 0.717) is 19.3 Å². The van der Waals surface area contributed by atoms with Gasteiger partial charge in [-0.05, 0) is 7.05 Å². The molecule has 0 spiro atoms. The van der Waals surface area contributed by atoms with Gasteiger partial charge in [0.1, 0.15) is 0 Å². The van der Waals surface area contributed by atoms with Gasteiger partial charge in [0.05, 0.1) is 5.60 Å². The Morgan fingerprint density at radius 1 is 1.43 bits per heavy atom. The normalized spacial score (nSPS) is 27.6. The Balaban J connectivity index is 1.81. The molecule has 0 saturated carbocycles. The van der Waals surface area contributed by atoms with E-state index in [9.17, 15) is 5.11 Å². The number of likely N-dealkylation sites (N-methyl/N-ethyl adjacent to an activating group) is 1. The van der Waals surface area contributed by atoms with Crippen molar-refractivity contribution in [1.82, 2.24) is 10.2 Å². The summed E-state index contributed by atoms with van der Waals surface area (Å²) < 4.78 is 5.26. The standard InChI is InChI=1S/C10H20N2O2/c1-12(9-6-11-7-9)8-10(13)2-4-14-5-3-10/h9,11,13H,2-8H2,1H3. The van der Waals surface area contributed by atoms with E-state index in [1.807, 2.05) is 0 Å². The first-order chi connectivity index (χ1) is 6.70. The molecule has 2 aliphatic rings. The van der Waals surface area contributed by atoms with Gasteiger partial charge >= 0.3 is 0 Å². The van der Waals surface area contributed by atoms with Crippen LogP contribution in [0.5, 0.6) is 0 Å². The third-order valence-corrected chi connectivity index (χ3v) is 3.35. The molecule has 2 rings (SSSR count). The average molecular weight is 200 g/mol. The summed E-state index contributed by atoms with van der Waals surface area (Å²) in [6.45, 7) is 4.30. The molecule has 0 unspecified atom stereocenters. The van der Waals surface area contributed by atoms with E-state index in [0.717, 1.165) is 32.5 Å². The first-order valence-corrected chi connectivity index (χ1v) is 5.41. The lowest BCUT2D eigenvalue weighted by molar-refractivity contribution is -0.0835. The van der Waals surface area contributed by atoms with Crippen molar-refractivity contribution in [1.29, 1.82) is 0 Å². The van der Waals surface area contributed by atoms with Crippen molar-refractivity contribution in [2.45, 2.75) is 24.5 Å². The Morgan fingerprint density at radius 3 is 2.57 bits per heavy atom. The molecule has 0 amide bonds. The third-order valence-electron chi connectivity index (χ3n) is 3.35. The number of rotatable bonds is 3. The summed E-state index contributed by atoms with van der Waals surface area (Å²) >= 11 is 0. The second kappa shape index (κ2) is 4.14. The lowest BCUT2D eigenvalue weighted by atomic mass is 9.93. The molecule has 0 bridgehead atoms. The molecule has 14 heavy (non-hydrogen) atoms. The fraction of sp³-hybridized carbons (Fsp3) is 1.00. The van der Waals surface area contributed by atoms with Gasteiger partial charge in [0, 0.05) is 51.7 Å². The number of hydrogen-bond acceptors (Lipinski definition) is 4. The van der Waals surface area contributed by atoms with E-state index in [-0.39, 0.29) is 0 Å². The van der Waals surface area contributed by atoms with Gasteiger partial charge in [-0.3, -0.25) is 4.90 Å². The van der Waals surface area contributed by atoms with Crippen LogP contribution in [0, 0.1) is 0 Å². The molecule has 4 heteroatoms. The molecular formula is C10H20N2O2. The van der Waals surface area contributed by atoms with Gasteiger partial charge in [-0.15, -0.1) is 0 Å². The van der Waals surface area contributed by atoms with E-state index in [1.54, 1.807) is 0 Å². The molecule has 0 aromatic carbocycles. The highest BCUT2D eigenvalue weighted by Crippen LogP contribution is 2.22. The number of nitrogens with zero attached hydrogens (tertiary/aromatic N) is 1. The average Bonchev–Trinajstić information content (AvgIpc) is 2.00. The second-order valence-electron chi connectivity index (χ2n) is 4.56. The molecule has 82 valence electrons. The zero-order valence-electron chi connectivity index (χ0n) is 8.83. The van der Waals surface area contributed by atoms with Gasteiger partial charge in [0.15, 0.2) is 0 Å². The summed E-state index contributed by atoms with van der Waals surface area (Å²) in [4.78, 5) is 2.27. The van der Waals surface area contributed by atoms with Crippen LogP contribution < -0.4 is 5.32 Å². The maximum atomic E-state index is 10.3. The van der Waals surface area contributed by atoms with Crippen molar-refractivity contribution < 1.29 is 9.84 Å². The quantitative estimate of drug-likeness (QED) is 0.640. The van der Waals surface area contributed by atoms with E-state index in [2.05, 4.69) is 17.3 Å². The SMILES string of the molecule is CN(CC1(O)CCOCC1)C1CNC1. The monoisotopic (exact) mass is 200 g/mol. The minimum Gasteiger partial charge on any atom is -0.388 e. The highest BCUT2D eigenvalue weighted by molar-refractivity contribution is 4.89. The topological polar surface area (TPSA) is 44.7 Å². The molecule has 0 aromatic rings. The van der Waals surface area contributed by atoms with Crippen molar-refractivity contribution >= 4 is 0 Å². The van der Waals surface area contributed by atoms with Crippen LogP contribution in [0.2, 0.25) is 0 Å². The zero-order chi connectivity index (χ0) is 10.0. The molecule has 2 fully saturated rings. The molecule has 2 aliphatic heterocycles. The van der Waals surface area contributed by atoms with Gasteiger partial charge < -0.3 is 15.2 Å². The highest BCUT2D eigenvalue weighted by atomic mass is 16.5. The van der Waals surface area contributed by atoms with Gasteiger partial charge in [-0.2, -0.15) is 0 Å². The smallest absolute Gasteiger partial charge is 0.0817 e.